The molecular weight excluding hydrogens is 227 g/mol. The maximum Gasteiger partial charge on any atom is 0.453 e. The number of hydrogen-bond donors (Lipinski definition) is 0. The lowest BCUT2D eigenvalue weighted by atomic mass is 9.75. The molecule has 0 amide bonds. The molecule has 0 atom stereocenters. The first-order valence-corrected chi connectivity index (χ1v) is 5.60. The first-order chi connectivity index (χ1) is 7.16. The fraction of sp³-hybridized carbons (Fsp3) is 1.00. The van der Waals surface area contributed by atoms with Crippen molar-refractivity contribution in [3.8, 4) is 0 Å². The van der Waals surface area contributed by atoms with E-state index in [4.69, 9.17) is 0 Å². The van der Waals surface area contributed by atoms with Gasteiger partial charge in [-0.1, -0.05) is 13.8 Å². The zero-order chi connectivity index (χ0) is 12.6. The molecule has 1 saturated carbocycles. The lowest BCUT2D eigenvalue weighted by Crippen LogP contribution is -2.45. The van der Waals surface area contributed by atoms with Crippen molar-refractivity contribution in [2.24, 2.45) is 17.8 Å². The van der Waals surface area contributed by atoms with Gasteiger partial charge in [0.05, 0.1) is 0 Å². The predicted molar refractivity (Wildman–Crippen MR) is 51.3 cm³/mol. The first kappa shape index (κ1) is 13.7. The van der Waals surface area contributed by atoms with Crippen LogP contribution in [0, 0.1) is 17.8 Å². The molecule has 1 fully saturated rings. The van der Waals surface area contributed by atoms with Crippen molar-refractivity contribution in [1.29, 1.82) is 0 Å². The molecule has 0 radical (unpaired) electrons. The lowest BCUT2D eigenvalue weighted by molar-refractivity contribution is -0.306. The van der Waals surface area contributed by atoms with Gasteiger partial charge in [0.15, 0.2) is 0 Å². The molecule has 0 aromatic rings. The Kier molecular flexibility index (Phi) is 3.85. The third-order valence-electron chi connectivity index (χ3n) is 3.61. The van der Waals surface area contributed by atoms with Gasteiger partial charge in [0.25, 0.3) is 0 Å². The highest BCUT2D eigenvalue weighted by Crippen LogP contribution is 2.48. The van der Waals surface area contributed by atoms with Crippen molar-refractivity contribution >= 4 is 0 Å². The highest BCUT2D eigenvalue weighted by Gasteiger charge is 2.62. The van der Waals surface area contributed by atoms with Gasteiger partial charge >= 0.3 is 12.1 Å². The molecule has 5 heteroatoms. The number of alkyl halides is 5. The van der Waals surface area contributed by atoms with Crippen molar-refractivity contribution in [1.82, 2.24) is 0 Å². The molecule has 16 heavy (non-hydrogen) atoms. The summed E-state index contributed by atoms with van der Waals surface area (Å²) >= 11 is 0. The van der Waals surface area contributed by atoms with E-state index in [0.29, 0.717) is 24.7 Å². The van der Waals surface area contributed by atoms with Crippen LogP contribution in [0.3, 0.4) is 0 Å². The van der Waals surface area contributed by atoms with Gasteiger partial charge in [-0.2, -0.15) is 22.0 Å². The van der Waals surface area contributed by atoms with Crippen LogP contribution in [0.4, 0.5) is 22.0 Å². The summed E-state index contributed by atoms with van der Waals surface area (Å²) in [6.07, 6.45) is -4.48. The molecule has 0 unspecified atom stereocenters. The van der Waals surface area contributed by atoms with Crippen LogP contribution in [-0.4, -0.2) is 12.1 Å². The zero-order valence-corrected chi connectivity index (χ0v) is 9.45. The Labute approximate surface area is 92.2 Å². The minimum absolute atomic E-state index is 0.0185. The molecule has 0 aromatic carbocycles. The van der Waals surface area contributed by atoms with Crippen molar-refractivity contribution in [2.75, 3.05) is 0 Å². The Hall–Kier alpha value is -0.350. The molecule has 0 bridgehead atoms. The molecule has 0 aromatic heterocycles. The topological polar surface area (TPSA) is 0 Å². The van der Waals surface area contributed by atoms with E-state index in [1.54, 1.807) is 0 Å². The highest BCUT2D eigenvalue weighted by molar-refractivity contribution is 4.88. The van der Waals surface area contributed by atoms with E-state index >= 15 is 0 Å². The van der Waals surface area contributed by atoms with Crippen LogP contribution < -0.4 is 0 Å². The lowest BCUT2D eigenvalue weighted by Gasteiger charge is -2.35. The number of hydrogen-bond acceptors (Lipinski definition) is 0. The van der Waals surface area contributed by atoms with Crippen LogP contribution in [0.1, 0.15) is 39.5 Å². The van der Waals surface area contributed by atoms with Crippen LogP contribution in [0.5, 0.6) is 0 Å². The summed E-state index contributed by atoms with van der Waals surface area (Å²) in [4.78, 5) is 0. The molecule has 0 aliphatic heterocycles. The fourth-order valence-electron chi connectivity index (χ4n) is 2.38. The van der Waals surface area contributed by atoms with E-state index in [-0.39, 0.29) is 12.8 Å². The summed E-state index contributed by atoms with van der Waals surface area (Å²) in [6.45, 7) is 3.96. The monoisotopic (exact) mass is 244 g/mol. The average Bonchev–Trinajstić information content (AvgIpc) is 2.16. The third kappa shape index (κ3) is 2.66. The van der Waals surface area contributed by atoms with E-state index < -0.39 is 18.0 Å². The molecule has 1 rings (SSSR count). The summed E-state index contributed by atoms with van der Waals surface area (Å²) in [5.74, 6) is -5.39. The van der Waals surface area contributed by atoms with E-state index in [0.717, 1.165) is 0 Å². The smallest absolute Gasteiger partial charge is 0.196 e. The van der Waals surface area contributed by atoms with E-state index in [1.807, 2.05) is 13.8 Å². The number of rotatable bonds is 2. The van der Waals surface area contributed by atoms with Gasteiger partial charge in [0.2, 0.25) is 0 Å². The normalized spacial score (nSPS) is 28.5. The Morgan fingerprint density at radius 1 is 0.875 bits per heavy atom. The number of halogens is 5. The predicted octanol–water partition coefficient (Wildman–Crippen LogP) is 4.65. The minimum Gasteiger partial charge on any atom is -0.196 e. The van der Waals surface area contributed by atoms with Gasteiger partial charge in [-0.3, -0.25) is 0 Å². The van der Waals surface area contributed by atoms with Crippen molar-refractivity contribution in [3.05, 3.63) is 0 Å². The van der Waals surface area contributed by atoms with E-state index in [2.05, 4.69) is 0 Å². The average molecular weight is 244 g/mol. The summed E-state index contributed by atoms with van der Waals surface area (Å²) < 4.78 is 62.4. The summed E-state index contributed by atoms with van der Waals surface area (Å²) in [5, 5.41) is 0. The summed E-state index contributed by atoms with van der Waals surface area (Å²) in [6, 6.07) is 0. The molecular formula is C11H17F5. The SMILES string of the molecule is CC(C)C1CCC(C(F)(F)C(F)(F)F)CC1. The third-order valence-corrected chi connectivity index (χ3v) is 3.61. The standard InChI is InChI=1S/C11H17F5/c1-7(2)8-3-5-9(6-4-8)10(12,13)11(14,15)16/h7-9H,3-6H2,1-2H3. The first-order valence-electron chi connectivity index (χ1n) is 5.60. The maximum atomic E-state index is 13.0. The van der Waals surface area contributed by atoms with Crippen molar-refractivity contribution in [2.45, 2.75) is 51.6 Å². The second-order valence-corrected chi connectivity index (χ2v) is 4.98. The minimum atomic E-state index is -5.40. The van der Waals surface area contributed by atoms with Crippen LogP contribution in [-0.2, 0) is 0 Å². The Bertz CT molecular complexity index is 223. The zero-order valence-electron chi connectivity index (χ0n) is 9.45. The molecule has 96 valence electrons. The highest BCUT2D eigenvalue weighted by atomic mass is 19.4. The van der Waals surface area contributed by atoms with Crippen molar-refractivity contribution in [3.63, 3.8) is 0 Å². The largest absolute Gasteiger partial charge is 0.453 e. The summed E-state index contributed by atoms with van der Waals surface area (Å²) in [7, 11) is 0. The Morgan fingerprint density at radius 2 is 1.31 bits per heavy atom. The van der Waals surface area contributed by atoms with Gasteiger partial charge in [0, 0.05) is 5.92 Å². The van der Waals surface area contributed by atoms with Crippen LogP contribution >= 0.6 is 0 Å². The van der Waals surface area contributed by atoms with Gasteiger partial charge < -0.3 is 0 Å². The van der Waals surface area contributed by atoms with E-state index in [1.165, 1.54) is 0 Å². The Morgan fingerprint density at radius 3 is 1.62 bits per heavy atom. The van der Waals surface area contributed by atoms with Crippen LogP contribution in [0.25, 0.3) is 0 Å². The second kappa shape index (κ2) is 4.49. The second-order valence-electron chi connectivity index (χ2n) is 4.98. The molecule has 1 aliphatic carbocycles. The molecule has 0 N–H and O–H groups in total. The van der Waals surface area contributed by atoms with Gasteiger partial charge in [-0.05, 0) is 37.5 Å². The van der Waals surface area contributed by atoms with Crippen LogP contribution in [0.2, 0.25) is 0 Å². The van der Waals surface area contributed by atoms with Gasteiger partial charge in [-0.15, -0.1) is 0 Å². The molecule has 0 spiro atoms. The van der Waals surface area contributed by atoms with E-state index in [9.17, 15) is 22.0 Å². The fourth-order valence-corrected chi connectivity index (χ4v) is 2.38. The Balaban J connectivity index is 2.60. The summed E-state index contributed by atoms with van der Waals surface area (Å²) in [5.41, 5.74) is 0. The van der Waals surface area contributed by atoms with Gasteiger partial charge in [0.1, 0.15) is 0 Å². The molecule has 0 heterocycles. The molecule has 0 saturated heterocycles. The quantitative estimate of drug-likeness (QED) is 0.620. The maximum absolute atomic E-state index is 13.0. The molecule has 1 aliphatic rings. The van der Waals surface area contributed by atoms with Gasteiger partial charge in [-0.25, -0.2) is 0 Å². The van der Waals surface area contributed by atoms with Crippen LogP contribution in [0.15, 0.2) is 0 Å². The van der Waals surface area contributed by atoms with Crippen molar-refractivity contribution < 1.29 is 22.0 Å². The molecule has 0 nitrogen and oxygen atoms in total.